The molecule has 0 spiro atoms. The topological polar surface area (TPSA) is 85.5 Å². The van der Waals surface area contributed by atoms with Crippen LogP contribution in [0.3, 0.4) is 0 Å². The highest BCUT2D eigenvalue weighted by molar-refractivity contribution is 9.10. The van der Waals surface area contributed by atoms with Crippen LogP contribution in [0.4, 0.5) is 0 Å². The van der Waals surface area contributed by atoms with E-state index in [4.69, 9.17) is 9.26 Å². The van der Waals surface area contributed by atoms with Gasteiger partial charge in [0.1, 0.15) is 11.3 Å². The lowest BCUT2D eigenvalue weighted by molar-refractivity contribution is 0.0426. The van der Waals surface area contributed by atoms with E-state index < -0.39 is 5.97 Å². The summed E-state index contributed by atoms with van der Waals surface area (Å²) in [5.74, 6) is -0.208. The monoisotopic (exact) mass is 388 g/mol. The SMILES string of the molecule is Cc1ccc(C(=O)OCc2nc(-c3cccc(Br)c3)no2)c(O)c1. The number of aryl methyl sites for hydroxylation is 1. The second-order valence-electron chi connectivity index (χ2n) is 5.12. The number of hydrogen-bond donors (Lipinski definition) is 1. The number of halogens is 1. The summed E-state index contributed by atoms with van der Waals surface area (Å²) in [6.45, 7) is 1.64. The number of carbonyl (C=O) groups excluding carboxylic acids is 1. The predicted molar refractivity (Wildman–Crippen MR) is 89.4 cm³/mol. The van der Waals surface area contributed by atoms with Crippen LogP contribution in [0.2, 0.25) is 0 Å². The van der Waals surface area contributed by atoms with Gasteiger partial charge in [-0.3, -0.25) is 0 Å². The Labute approximate surface area is 146 Å². The van der Waals surface area contributed by atoms with E-state index in [1.54, 1.807) is 6.07 Å². The fourth-order valence-corrected chi connectivity index (χ4v) is 2.48. The Hall–Kier alpha value is -2.67. The van der Waals surface area contributed by atoms with Crippen molar-refractivity contribution in [3.05, 3.63) is 64.0 Å². The van der Waals surface area contributed by atoms with Crippen LogP contribution in [0.15, 0.2) is 51.5 Å². The highest BCUT2D eigenvalue weighted by Crippen LogP contribution is 2.22. The molecule has 0 aliphatic carbocycles. The standard InChI is InChI=1S/C17H13BrN2O4/c1-10-5-6-13(14(21)7-10)17(22)23-9-15-19-16(20-24-15)11-3-2-4-12(18)8-11/h2-8,21H,9H2,1H3. The van der Waals surface area contributed by atoms with Crippen molar-refractivity contribution in [2.24, 2.45) is 0 Å². The van der Waals surface area contributed by atoms with E-state index in [1.807, 2.05) is 31.2 Å². The van der Waals surface area contributed by atoms with Gasteiger partial charge in [-0.15, -0.1) is 0 Å². The quantitative estimate of drug-likeness (QED) is 0.682. The summed E-state index contributed by atoms with van der Waals surface area (Å²) in [6, 6.07) is 12.2. The summed E-state index contributed by atoms with van der Waals surface area (Å²) in [6.07, 6.45) is 0. The Bertz CT molecular complexity index is 892. The van der Waals surface area contributed by atoms with Crippen molar-refractivity contribution >= 4 is 21.9 Å². The molecule has 2 aromatic carbocycles. The number of carbonyl (C=O) groups is 1. The molecule has 0 atom stereocenters. The third kappa shape index (κ3) is 3.62. The Balaban J connectivity index is 1.68. The molecule has 0 unspecified atom stereocenters. The fraction of sp³-hybridized carbons (Fsp3) is 0.118. The number of hydrogen-bond acceptors (Lipinski definition) is 6. The van der Waals surface area contributed by atoms with Gasteiger partial charge in [-0.1, -0.05) is 39.3 Å². The molecule has 7 heteroatoms. The number of phenols is 1. The lowest BCUT2D eigenvalue weighted by atomic mass is 10.1. The lowest BCUT2D eigenvalue weighted by Gasteiger charge is -2.04. The van der Waals surface area contributed by atoms with Crippen molar-refractivity contribution in [1.29, 1.82) is 0 Å². The molecule has 0 fully saturated rings. The van der Waals surface area contributed by atoms with Crippen LogP contribution in [0.1, 0.15) is 21.8 Å². The van der Waals surface area contributed by atoms with E-state index in [2.05, 4.69) is 26.1 Å². The van der Waals surface area contributed by atoms with Crippen LogP contribution in [-0.4, -0.2) is 21.2 Å². The summed E-state index contributed by atoms with van der Waals surface area (Å²) in [7, 11) is 0. The summed E-state index contributed by atoms with van der Waals surface area (Å²) >= 11 is 3.37. The predicted octanol–water partition coefficient (Wildman–Crippen LogP) is 3.87. The van der Waals surface area contributed by atoms with Crippen molar-refractivity contribution in [3.8, 4) is 17.1 Å². The number of nitrogens with zero attached hydrogens (tertiary/aromatic N) is 2. The molecular formula is C17H13BrN2O4. The van der Waals surface area contributed by atoms with Gasteiger partial charge in [-0.25, -0.2) is 4.79 Å². The molecule has 0 saturated carbocycles. The first-order chi connectivity index (χ1) is 11.5. The van der Waals surface area contributed by atoms with Crippen LogP contribution in [-0.2, 0) is 11.3 Å². The number of phenolic OH excluding ortho intramolecular Hbond substituents is 1. The summed E-state index contributed by atoms with van der Waals surface area (Å²) in [5.41, 5.74) is 1.72. The van der Waals surface area contributed by atoms with Crippen LogP contribution in [0.5, 0.6) is 5.75 Å². The maximum atomic E-state index is 12.0. The molecule has 0 amide bonds. The summed E-state index contributed by atoms with van der Waals surface area (Å²) in [5, 5.41) is 13.6. The van der Waals surface area contributed by atoms with Crippen LogP contribution in [0, 0.1) is 6.92 Å². The highest BCUT2D eigenvalue weighted by atomic mass is 79.9. The van der Waals surface area contributed by atoms with Gasteiger partial charge in [-0.2, -0.15) is 4.98 Å². The lowest BCUT2D eigenvalue weighted by Crippen LogP contribution is -2.06. The molecule has 3 rings (SSSR count). The second kappa shape index (κ2) is 6.84. The normalized spacial score (nSPS) is 10.6. The molecule has 0 radical (unpaired) electrons. The average Bonchev–Trinajstić information content (AvgIpc) is 3.01. The van der Waals surface area contributed by atoms with Gasteiger partial charge in [0.15, 0.2) is 6.61 Å². The van der Waals surface area contributed by atoms with Crippen LogP contribution in [0.25, 0.3) is 11.4 Å². The maximum absolute atomic E-state index is 12.0. The Morgan fingerprint density at radius 1 is 1.29 bits per heavy atom. The zero-order valence-corrected chi connectivity index (χ0v) is 14.3. The molecule has 0 bridgehead atoms. The number of ether oxygens (including phenoxy) is 1. The molecule has 0 aliphatic heterocycles. The second-order valence-corrected chi connectivity index (χ2v) is 6.03. The summed E-state index contributed by atoms with van der Waals surface area (Å²) < 4.78 is 11.1. The molecule has 1 N–H and O–H groups in total. The Morgan fingerprint density at radius 2 is 2.12 bits per heavy atom. The summed E-state index contributed by atoms with van der Waals surface area (Å²) in [4.78, 5) is 16.2. The van der Waals surface area contributed by atoms with Gasteiger partial charge >= 0.3 is 5.97 Å². The first-order valence-electron chi connectivity index (χ1n) is 7.08. The zero-order chi connectivity index (χ0) is 17.1. The minimum absolute atomic E-state index is 0.0901. The number of benzene rings is 2. The van der Waals surface area contributed by atoms with Crippen molar-refractivity contribution in [2.45, 2.75) is 13.5 Å². The minimum Gasteiger partial charge on any atom is -0.507 e. The van der Waals surface area contributed by atoms with Crippen molar-refractivity contribution < 1.29 is 19.2 Å². The third-order valence-corrected chi connectivity index (χ3v) is 3.74. The van der Waals surface area contributed by atoms with E-state index in [-0.39, 0.29) is 23.8 Å². The van der Waals surface area contributed by atoms with Crippen LogP contribution >= 0.6 is 15.9 Å². The highest BCUT2D eigenvalue weighted by Gasteiger charge is 2.15. The van der Waals surface area contributed by atoms with Crippen molar-refractivity contribution in [3.63, 3.8) is 0 Å². The van der Waals surface area contributed by atoms with Gasteiger partial charge in [0.2, 0.25) is 5.82 Å². The van der Waals surface area contributed by atoms with E-state index in [1.165, 1.54) is 12.1 Å². The zero-order valence-electron chi connectivity index (χ0n) is 12.7. The minimum atomic E-state index is -0.658. The number of aromatic hydroxyl groups is 1. The molecule has 6 nitrogen and oxygen atoms in total. The first-order valence-corrected chi connectivity index (χ1v) is 7.87. The van der Waals surface area contributed by atoms with E-state index in [0.717, 1.165) is 15.6 Å². The molecule has 1 aromatic heterocycles. The van der Waals surface area contributed by atoms with Gasteiger partial charge in [0, 0.05) is 10.0 Å². The smallest absolute Gasteiger partial charge is 0.342 e. The molecule has 3 aromatic rings. The van der Waals surface area contributed by atoms with Gasteiger partial charge in [0.05, 0.1) is 0 Å². The first kappa shape index (κ1) is 16.2. The van der Waals surface area contributed by atoms with Crippen molar-refractivity contribution in [2.75, 3.05) is 0 Å². The molecule has 24 heavy (non-hydrogen) atoms. The fourth-order valence-electron chi connectivity index (χ4n) is 2.08. The third-order valence-electron chi connectivity index (χ3n) is 3.25. The molecule has 0 aliphatic rings. The van der Waals surface area contributed by atoms with Gasteiger partial charge in [0.25, 0.3) is 5.89 Å². The van der Waals surface area contributed by atoms with Crippen molar-refractivity contribution in [1.82, 2.24) is 10.1 Å². The Morgan fingerprint density at radius 3 is 2.88 bits per heavy atom. The maximum Gasteiger partial charge on any atom is 0.342 e. The van der Waals surface area contributed by atoms with E-state index in [0.29, 0.717) is 5.82 Å². The van der Waals surface area contributed by atoms with E-state index in [9.17, 15) is 9.90 Å². The van der Waals surface area contributed by atoms with Gasteiger partial charge in [-0.05, 0) is 36.8 Å². The molecule has 1 heterocycles. The van der Waals surface area contributed by atoms with Crippen LogP contribution < -0.4 is 0 Å². The molecule has 0 saturated heterocycles. The Kier molecular flexibility index (Phi) is 4.61. The average molecular weight is 389 g/mol. The van der Waals surface area contributed by atoms with E-state index >= 15 is 0 Å². The number of aromatic nitrogens is 2. The molecule has 122 valence electrons. The molecular weight excluding hydrogens is 376 g/mol. The number of esters is 1. The van der Waals surface area contributed by atoms with Gasteiger partial charge < -0.3 is 14.4 Å². The largest absolute Gasteiger partial charge is 0.507 e. The number of rotatable bonds is 4.